The third-order valence-electron chi connectivity index (χ3n) is 7.11. The molecular weight excluding hydrogens is 497 g/mol. The lowest BCUT2D eigenvalue weighted by atomic mass is 10.0. The van der Waals surface area contributed by atoms with Crippen LogP contribution in [0.5, 0.6) is 0 Å². The predicted molar refractivity (Wildman–Crippen MR) is 142 cm³/mol. The Morgan fingerprint density at radius 3 is 2.43 bits per heavy atom. The Morgan fingerprint density at radius 2 is 1.76 bits per heavy atom. The zero-order valence-electron chi connectivity index (χ0n) is 20.9. The molecule has 0 bridgehead atoms. The first-order chi connectivity index (χ1) is 17.6. The summed E-state index contributed by atoms with van der Waals surface area (Å²) in [4.78, 5) is 32.2. The minimum absolute atomic E-state index is 0.0791. The van der Waals surface area contributed by atoms with E-state index in [1.54, 1.807) is 12.1 Å². The summed E-state index contributed by atoms with van der Waals surface area (Å²) >= 11 is 6.08. The highest BCUT2D eigenvalue weighted by atomic mass is 35.5. The fourth-order valence-electron chi connectivity index (χ4n) is 4.80. The number of H-pyrrole nitrogens is 1. The number of carbonyl (C=O) groups excluding carboxylic acids is 2. The summed E-state index contributed by atoms with van der Waals surface area (Å²) in [6.45, 7) is 7.76. The standard InChI is InChI=1S/C26H29ClFN7O2/c1-26(2)22-18(15-35(26)25(37)29-21-19(27)5-4-6-20(21)28)23(32-31-22)30-24(36)16-7-9-17(10-8-16)34-13-11-33(3)12-14-34/h4-10H,11-15H2,1-3H3,(H,29,37)(H2,30,31,32,36). The Kier molecular flexibility index (Phi) is 6.55. The van der Waals surface area contributed by atoms with E-state index in [0.717, 1.165) is 31.9 Å². The number of rotatable bonds is 4. The number of aromatic amines is 1. The molecule has 5 rings (SSSR count). The van der Waals surface area contributed by atoms with Gasteiger partial charge in [-0.15, -0.1) is 0 Å². The van der Waals surface area contributed by atoms with Gasteiger partial charge < -0.3 is 25.3 Å². The van der Waals surface area contributed by atoms with Crippen molar-refractivity contribution in [3.63, 3.8) is 0 Å². The van der Waals surface area contributed by atoms with Gasteiger partial charge in [0.05, 0.1) is 28.5 Å². The Bertz CT molecular complexity index is 1310. The second-order valence-electron chi connectivity index (χ2n) is 9.89. The predicted octanol–water partition coefficient (Wildman–Crippen LogP) is 4.49. The lowest BCUT2D eigenvalue weighted by molar-refractivity contribution is 0.102. The fourth-order valence-corrected chi connectivity index (χ4v) is 5.01. The van der Waals surface area contributed by atoms with Crippen molar-refractivity contribution >= 4 is 40.7 Å². The number of amides is 3. The molecule has 3 amide bonds. The molecule has 2 aromatic carbocycles. The molecule has 37 heavy (non-hydrogen) atoms. The van der Waals surface area contributed by atoms with Crippen molar-refractivity contribution < 1.29 is 14.0 Å². The minimum Gasteiger partial charge on any atom is -0.369 e. The van der Waals surface area contributed by atoms with Crippen molar-refractivity contribution in [3.05, 3.63) is 70.1 Å². The molecule has 3 aromatic rings. The second-order valence-corrected chi connectivity index (χ2v) is 10.3. The van der Waals surface area contributed by atoms with Crippen molar-refractivity contribution in [2.75, 3.05) is 48.8 Å². The first-order valence-electron chi connectivity index (χ1n) is 12.1. The number of halogens is 2. The minimum atomic E-state index is -0.805. The topological polar surface area (TPSA) is 96.6 Å². The van der Waals surface area contributed by atoms with Gasteiger partial charge in [-0.1, -0.05) is 17.7 Å². The molecule has 194 valence electrons. The van der Waals surface area contributed by atoms with Gasteiger partial charge in [0.25, 0.3) is 5.91 Å². The Morgan fingerprint density at radius 1 is 1.05 bits per heavy atom. The number of para-hydroxylation sites is 1. The molecule has 2 aliphatic rings. The first-order valence-corrected chi connectivity index (χ1v) is 12.5. The molecule has 3 N–H and O–H groups in total. The van der Waals surface area contributed by atoms with Crippen LogP contribution in [0.2, 0.25) is 5.02 Å². The van der Waals surface area contributed by atoms with Crippen LogP contribution >= 0.6 is 11.6 Å². The maximum absolute atomic E-state index is 14.2. The highest BCUT2D eigenvalue weighted by Crippen LogP contribution is 2.41. The van der Waals surface area contributed by atoms with E-state index in [-0.39, 0.29) is 23.2 Å². The summed E-state index contributed by atoms with van der Waals surface area (Å²) in [6.07, 6.45) is 0. The van der Waals surface area contributed by atoms with Gasteiger partial charge in [-0.3, -0.25) is 9.89 Å². The van der Waals surface area contributed by atoms with E-state index in [0.29, 0.717) is 22.6 Å². The fraction of sp³-hybridized carbons (Fsp3) is 0.346. The number of benzene rings is 2. The number of nitrogens with one attached hydrogen (secondary N) is 3. The van der Waals surface area contributed by atoms with E-state index in [9.17, 15) is 14.0 Å². The average Bonchev–Trinajstić information content (AvgIpc) is 3.39. The molecule has 1 saturated heterocycles. The average molecular weight is 526 g/mol. The highest BCUT2D eigenvalue weighted by Gasteiger charge is 2.44. The summed E-state index contributed by atoms with van der Waals surface area (Å²) in [6, 6.07) is 11.2. The molecule has 2 aliphatic heterocycles. The highest BCUT2D eigenvalue weighted by molar-refractivity contribution is 6.33. The zero-order valence-corrected chi connectivity index (χ0v) is 21.7. The Hall–Kier alpha value is -3.63. The zero-order chi connectivity index (χ0) is 26.3. The molecule has 11 heteroatoms. The van der Waals surface area contributed by atoms with Crippen molar-refractivity contribution in [1.29, 1.82) is 0 Å². The molecule has 0 radical (unpaired) electrons. The Labute approximate surface area is 219 Å². The van der Waals surface area contributed by atoms with E-state index < -0.39 is 17.4 Å². The summed E-state index contributed by atoms with van der Waals surface area (Å²) < 4.78 is 14.2. The van der Waals surface area contributed by atoms with Gasteiger partial charge in [0.2, 0.25) is 0 Å². The summed E-state index contributed by atoms with van der Waals surface area (Å²) in [5, 5.41) is 12.8. The second kappa shape index (κ2) is 9.68. The van der Waals surface area contributed by atoms with Crippen LogP contribution in [-0.4, -0.2) is 65.2 Å². The van der Waals surface area contributed by atoms with E-state index >= 15 is 0 Å². The maximum Gasteiger partial charge on any atom is 0.323 e. The number of hydrogen-bond donors (Lipinski definition) is 3. The third kappa shape index (κ3) is 4.74. The van der Waals surface area contributed by atoms with Gasteiger partial charge in [-0.25, -0.2) is 9.18 Å². The molecule has 1 aromatic heterocycles. The van der Waals surface area contributed by atoms with Crippen molar-refractivity contribution in [3.8, 4) is 0 Å². The third-order valence-corrected chi connectivity index (χ3v) is 7.43. The number of fused-ring (bicyclic) bond motifs is 1. The number of aromatic nitrogens is 2. The number of hydrogen-bond acceptors (Lipinski definition) is 5. The van der Waals surface area contributed by atoms with Crippen LogP contribution < -0.4 is 15.5 Å². The van der Waals surface area contributed by atoms with Gasteiger partial charge in [0.1, 0.15) is 11.6 Å². The van der Waals surface area contributed by atoms with Gasteiger partial charge in [-0.05, 0) is 57.3 Å². The lowest BCUT2D eigenvalue weighted by Crippen LogP contribution is -2.44. The maximum atomic E-state index is 14.2. The van der Waals surface area contributed by atoms with Crippen LogP contribution in [0.3, 0.4) is 0 Å². The van der Waals surface area contributed by atoms with Gasteiger partial charge in [-0.2, -0.15) is 5.10 Å². The van der Waals surface area contributed by atoms with E-state index in [2.05, 4.69) is 37.7 Å². The summed E-state index contributed by atoms with van der Waals surface area (Å²) in [5.41, 5.74) is 2.04. The van der Waals surface area contributed by atoms with Crippen LogP contribution in [0.15, 0.2) is 42.5 Å². The molecular formula is C26H29ClFN7O2. The van der Waals surface area contributed by atoms with E-state index in [4.69, 9.17) is 11.6 Å². The van der Waals surface area contributed by atoms with Crippen LogP contribution in [0.1, 0.15) is 35.5 Å². The number of nitrogens with zero attached hydrogens (tertiary/aromatic N) is 4. The Balaban J connectivity index is 1.28. The molecule has 0 aliphatic carbocycles. The number of anilines is 3. The smallest absolute Gasteiger partial charge is 0.323 e. The number of carbonyl (C=O) groups is 2. The molecule has 9 nitrogen and oxygen atoms in total. The summed E-state index contributed by atoms with van der Waals surface area (Å²) in [7, 11) is 2.11. The molecule has 0 saturated carbocycles. The molecule has 0 spiro atoms. The lowest BCUT2D eigenvalue weighted by Gasteiger charge is -2.34. The van der Waals surface area contributed by atoms with Crippen molar-refractivity contribution in [2.45, 2.75) is 25.9 Å². The van der Waals surface area contributed by atoms with Gasteiger partial charge in [0, 0.05) is 43.0 Å². The van der Waals surface area contributed by atoms with Gasteiger partial charge in [0.15, 0.2) is 0 Å². The monoisotopic (exact) mass is 525 g/mol. The number of piperazine rings is 1. The molecule has 0 atom stereocenters. The van der Waals surface area contributed by atoms with Crippen molar-refractivity contribution in [1.82, 2.24) is 20.0 Å². The molecule has 0 unspecified atom stereocenters. The van der Waals surface area contributed by atoms with Crippen LogP contribution in [0.4, 0.5) is 26.4 Å². The normalized spacial score (nSPS) is 17.0. The van der Waals surface area contributed by atoms with E-state index in [1.165, 1.54) is 23.1 Å². The number of likely N-dealkylation sites (N-methyl/N-ethyl adjacent to an activating group) is 1. The first kappa shape index (κ1) is 25.0. The van der Waals surface area contributed by atoms with Crippen molar-refractivity contribution in [2.24, 2.45) is 0 Å². The SMILES string of the molecule is CN1CCN(c2ccc(C(=O)Nc3[nH]nc4c3CN(C(=O)Nc3c(F)cccc3Cl)C4(C)C)cc2)CC1. The largest absolute Gasteiger partial charge is 0.369 e. The quantitative estimate of drug-likeness (QED) is 0.466. The van der Waals surface area contributed by atoms with Crippen LogP contribution in [0, 0.1) is 5.82 Å². The van der Waals surface area contributed by atoms with Crippen LogP contribution in [0.25, 0.3) is 0 Å². The molecule has 1 fully saturated rings. The molecule has 3 heterocycles. The summed E-state index contributed by atoms with van der Waals surface area (Å²) in [5.74, 6) is -0.478. The van der Waals surface area contributed by atoms with E-state index in [1.807, 2.05) is 26.0 Å². The van der Waals surface area contributed by atoms with Gasteiger partial charge >= 0.3 is 6.03 Å². The van der Waals surface area contributed by atoms with Crippen LogP contribution in [-0.2, 0) is 12.1 Å². The number of urea groups is 1.